The third kappa shape index (κ3) is 3.04. The summed E-state index contributed by atoms with van der Waals surface area (Å²) in [6.45, 7) is 5.69. The number of fused-ring (bicyclic) bond motifs is 1. The van der Waals surface area contributed by atoms with Gasteiger partial charge in [0.25, 0.3) is 0 Å². The molecule has 1 saturated carbocycles. The normalized spacial score (nSPS) is 43.8. The molecule has 0 spiro atoms. The average molecular weight is 249 g/mol. The second-order valence-corrected chi connectivity index (χ2v) is 7.09. The van der Waals surface area contributed by atoms with Crippen molar-refractivity contribution in [3.8, 4) is 0 Å². The molecule has 1 heterocycles. The standard InChI is InChI=1S/C14H24BNS/c1-10-7-11-8-14(2,15)6-4-5-12(11)13(17)16(3)9-10/h10-12H,4-9H2,1-3H3. The fourth-order valence-electron chi connectivity index (χ4n) is 3.81. The molecule has 0 aromatic carbocycles. The molecule has 0 aromatic rings. The van der Waals surface area contributed by atoms with Crippen LogP contribution in [-0.4, -0.2) is 31.3 Å². The van der Waals surface area contributed by atoms with Crippen molar-refractivity contribution < 1.29 is 0 Å². The number of hydrogen-bond donors (Lipinski definition) is 0. The van der Waals surface area contributed by atoms with Gasteiger partial charge >= 0.3 is 0 Å². The van der Waals surface area contributed by atoms with Crippen LogP contribution < -0.4 is 0 Å². The van der Waals surface area contributed by atoms with Crippen LogP contribution in [0.15, 0.2) is 0 Å². The van der Waals surface area contributed by atoms with Crippen molar-refractivity contribution in [2.24, 2.45) is 17.8 Å². The maximum atomic E-state index is 6.40. The number of nitrogens with zero attached hydrogens (tertiary/aromatic N) is 1. The predicted octanol–water partition coefficient (Wildman–Crippen LogP) is 3.44. The van der Waals surface area contributed by atoms with Gasteiger partial charge in [-0.25, -0.2) is 0 Å². The zero-order valence-electron chi connectivity index (χ0n) is 11.4. The first-order chi connectivity index (χ1) is 7.89. The summed E-state index contributed by atoms with van der Waals surface area (Å²) >= 11 is 5.69. The van der Waals surface area contributed by atoms with Gasteiger partial charge in [0.05, 0.1) is 12.8 Å². The van der Waals surface area contributed by atoms with E-state index in [0.29, 0.717) is 11.8 Å². The molecule has 1 aliphatic heterocycles. The lowest BCUT2D eigenvalue weighted by Gasteiger charge is -2.30. The third-order valence-electron chi connectivity index (χ3n) is 4.54. The molecule has 4 unspecified atom stereocenters. The lowest BCUT2D eigenvalue weighted by atomic mass is 9.63. The molecule has 1 aliphatic carbocycles. The van der Waals surface area contributed by atoms with E-state index < -0.39 is 0 Å². The SMILES string of the molecule is [B]C1(C)CCCC2C(=S)N(C)CC(C)CC2C1. The summed E-state index contributed by atoms with van der Waals surface area (Å²) in [5.41, 5.74) is 0. The van der Waals surface area contributed by atoms with E-state index in [1.165, 1.54) is 24.3 Å². The summed E-state index contributed by atoms with van der Waals surface area (Å²) in [6, 6.07) is 0. The first-order valence-corrected chi connectivity index (χ1v) is 7.34. The van der Waals surface area contributed by atoms with Gasteiger partial charge in [0.2, 0.25) is 0 Å². The number of thiocarbonyl (C=S) groups is 1. The van der Waals surface area contributed by atoms with Crippen LogP contribution in [0.3, 0.4) is 0 Å². The van der Waals surface area contributed by atoms with Crippen LogP contribution in [0.1, 0.15) is 46.0 Å². The molecule has 2 radical (unpaired) electrons. The van der Waals surface area contributed by atoms with Crippen LogP contribution in [0.5, 0.6) is 0 Å². The molecule has 1 nitrogen and oxygen atoms in total. The molecule has 17 heavy (non-hydrogen) atoms. The summed E-state index contributed by atoms with van der Waals surface area (Å²) < 4.78 is 0. The molecule has 2 rings (SSSR count). The van der Waals surface area contributed by atoms with Crippen molar-refractivity contribution in [2.75, 3.05) is 13.6 Å². The molecule has 0 N–H and O–H groups in total. The highest BCUT2D eigenvalue weighted by molar-refractivity contribution is 7.80. The maximum Gasteiger partial charge on any atom is 0.0810 e. The van der Waals surface area contributed by atoms with E-state index in [9.17, 15) is 0 Å². The summed E-state index contributed by atoms with van der Waals surface area (Å²) in [6.07, 6.45) is 6.07. The third-order valence-corrected chi connectivity index (χ3v) is 5.16. The van der Waals surface area contributed by atoms with Crippen molar-refractivity contribution in [3.63, 3.8) is 0 Å². The van der Waals surface area contributed by atoms with Crippen LogP contribution in [0.2, 0.25) is 5.31 Å². The van der Waals surface area contributed by atoms with Crippen molar-refractivity contribution in [1.82, 2.24) is 4.90 Å². The van der Waals surface area contributed by atoms with Gasteiger partial charge < -0.3 is 4.90 Å². The molecule has 0 aromatic heterocycles. The van der Waals surface area contributed by atoms with Gasteiger partial charge in [-0.15, -0.1) is 0 Å². The molecule has 2 fully saturated rings. The van der Waals surface area contributed by atoms with E-state index in [-0.39, 0.29) is 5.31 Å². The Kier molecular flexibility index (Phi) is 3.87. The molecule has 3 heteroatoms. The highest BCUT2D eigenvalue weighted by Gasteiger charge is 2.37. The minimum atomic E-state index is 0.0255. The van der Waals surface area contributed by atoms with E-state index in [0.717, 1.165) is 25.3 Å². The fraction of sp³-hybridized carbons (Fsp3) is 0.929. The molecule has 94 valence electrons. The van der Waals surface area contributed by atoms with Gasteiger partial charge in [-0.2, -0.15) is 0 Å². The van der Waals surface area contributed by atoms with Crippen molar-refractivity contribution in [2.45, 2.75) is 51.3 Å². The Morgan fingerprint density at radius 3 is 2.88 bits per heavy atom. The van der Waals surface area contributed by atoms with Gasteiger partial charge in [-0.3, -0.25) is 0 Å². The number of likely N-dealkylation sites (tertiary alicyclic amines) is 1. The van der Waals surface area contributed by atoms with Crippen LogP contribution >= 0.6 is 12.2 Å². The predicted molar refractivity (Wildman–Crippen MR) is 78.6 cm³/mol. The first kappa shape index (κ1) is 13.4. The van der Waals surface area contributed by atoms with Crippen LogP contribution in [0.4, 0.5) is 0 Å². The molecular formula is C14H24BNS. The van der Waals surface area contributed by atoms with Crippen LogP contribution in [0, 0.1) is 17.8 Å². The molecule has 1 saturated heterocycles. The van der Waals surface area contributed by atoms with Crippen LogP contribution in [0.25, 0.3) is 0 Å². The summed E-state index contributed by atoms with van der Waals surface area (Å²) in [5, 5.41) is 0.0255. The smallest absolute Gasteiger partial charge is 0.0810 e. The molecule has 4 atom stereocenters. The Labute approximate surface area is 113 Å². The maximum absolute atomic E-state index is 6.40. The Hall–Kier alpha value is -0.0451. The lowest BCUT2D eigenvalue weighted by Crippen LogP contribution is -2.33. The highest BCUT2D eigenvalue weighted by atomic mass is 32.1. The molecule has 0 amide bonds. The largest absolute Gasteiger partial charge is 0.369 e. The van der Waals surface area contributed by atoms with E-state index in [1.54, 1.807) is 0 Å². The Balaban J connectivity index is 2.21. The topological polar surface area (TPSA) is 3.24 Å². The average Bonchev–Trinajstić information content (AvgIpc) is 2.39. The Bertz CT molecular complexity index is 303. The van der Waals surface area contributed by atoms with Crippen molar-refractivity contribution in [1.29, 1.82) is 0 Å². The number of hydrogen-bond acceptors (Lipinski definition) is 1. The second-order valence-electron chi connectivity index (χ2n) is 6.68. The molecule has 0 bridgehead atoms. The van der Waals surface area contributed by atoms with E-state index >= 15 is 0 Å². The van der Waals surface area contributed by atoms with Gasteiger partial charge in [0.1, 0.15) is 0 Å². The monoisotopic (exact) mass is 249 g/mol. The van der Waals surface area contributed by atoms with E-state index in [4.69, 9.17) is 20.1 Å². The number of rotatable bonds is 0. The van der Waals surface area contributed by atoms with Gasteiger partial charge in [0.15, 0.2) is 0 Å². The molecular weight excluding hydrogens is 225 g/mol. The van der Waals surface area contributed by atoms with Crippen molar-refractivity contribution in [3.05, 3.63) is 0 Å². The van der Waals surface area contributed by atoms with E-state index in [1.807, 2.05) is 0 Å². The second kappa shape index (κ2) is 4.91. The Morgan fingerprint density at radius 2 is 2.18 bits per heavy atom. The summed E-state index contributed by atoms with van der Waals surface area (Å²) in [4.78, 5) is 3.50. The quantitative estimate of drug-likeness (QED) is 0.478. The minimum Gasteiger partial charge on any atom is -0.369 e. The van der Waals surface area contributed by atoms with Gasteiger partial charge in [-0.1, -0.05) is 50.6 Å². The molecule has 2 aliphatic rings. The zero-order valence-corrected chi connectivity index (χ0v) is 12.2. The van der Waals surface area contributed by atoms with Crippen LogP contribution in [-0.2, 0) is 0 Å². The minimum absolute atomic E-state index is 0.0255. The fourth-order valence-corrected chi connectivity index (χ4v) is 4.19. The highest BCUT2D eigenvalue weighted by Crippen LogP contribution is 2.46. The first-order valence-electron chi connectivity index (χ1n) is 6.93. The van der Waals surface area contributed by atoms with Crippen molar-refractivity contribution >= 4 is 25.1 Å². The van der Waals surface area contributed by atoms with E-state index in [2.05, 4.69) is 25.8 Å². The summed E-state index contributed by atoms with van der Waals surface area (Å²) in [7, 11) is 8.56. The lowest BCUT2D eigenvalue weighted by molar-refractivity contribution is 0.307. The Morgan fingerprint density at radius 1 is 1.47 bits per heavy atom. The summed E-state index contributed by atoms with van der Waals surface area (Å²) in [5.74, 6) is 2.05. The zero-order chi connectivity index (χ0) is 12.6. The van der Waals surface area contributed by atoms with Gasteiger partial charge in [-0.05, 0) is 24.7 Å². The van der Waals surface area contributed by atoms with Gasteiger partial charge in [0, 0.05) is 19.5 Å².